The molecule has 0 spiro atoms. The van der Waals surface area contributed by atoms with E-state index in [2.05, 4.69) is 27.7 Å². The normalized spacial score (nSPS) is 14.6. The number of rotatable bonds is 31. The summed E-state index contributed by atoms with van der Waals surface area (Å²) >= 11 is 0. The molecular weight excluding hydrogens is 496 g/mol. The maximum Gasteiger partial charge on any atom is 0.310 e. The fourth-order valence-corrected chi connectivity index (χ4v) is 6.72. The number of carboxylic acids is 2. The lowest BCUT2D eigenvalue weighted by Crippen LogP contribution is -2.38. The Hall–Kier alpha value is -1.06. The number of carboxylic acid groups (broad SMARTS) is 2. The Balaban J connectivity index is 5.63. The summed E-state index contributed by atoms with van der Waals surface area (Å²) in [5.41, 5.74) is -1.14. The predicted molar refractivity (Wildman–Crippen MR) is 172 cm³/mol. The minimum Gasteiger partial charge on any atom is -0.481 e. The molecule has 0 aromatic rings. The van der Waals surface area contributed by atoms with Gasteiger partial charge in [-0.1, -0.05) is 182 Å². The van der Waals surface area contributed by atoms with E-state index in [1.165, 1.54) is 103 Å². The number of carbonyl (C=O) groups is 2. The van der Waals surface area contributed by atoms with Crippen LogP contribution in [0.25, 0.3) is 0 Å². The molecule has 2 atom stereocenters. The first kappa shape index (κ1) is 38.9. The Labute approximate surface area is 249 Å². The Morgan fingerprint density at radius 2 is 0.750 bits per heavy atom. The van der Waals surface area contributed by atoms with Crippen LogP contribution in [0.5, 0.6) is 0 Å². The fourth-order valence-electron chi connectivity index (χ4n) is 6.72. The SMILES string of the molecule is CCCCCCCCC(CCCCCC)CC(CC(=O)O)(CC(CCCCCC)CCCCCCCC)C(=O)O. The van der Waals surface area contributed by atoms with E-state index in [9.17, 15) is 19.8 Å². The summed E-state index contributed by atoms with van der Waals surface area (Å²) in [4.78, 5) is 25.2. The maximum atomic E-state index is 13.0. The zero-order chi connectivity index (χ0) is 29.9. The molecule has 2 unspecified atom stereocenters. The topological polar surface area (TPSA) is 74.6 Å². The summed E-state index contributed by atoms with van der Waals surface area (Å²) in [6, 6.07) is 0. The van der Waals surface area contributed by atoms with E-state index < -0.39 is 17.4 Å². The van der Waals surface area contributed by atoms with Gasteiger partial charge in [0.15, 0.2) is 0 Å². The van der Waals surface area contributed by atoms with Gasteiger partial charge in [-0.25, -0.2) is 0 Å². The first-order valence-electron chi connectivity index (χ1n) is 17.8. The molecule has 0 aliphatic carbocycles. The molecular formula is C36H70O4. The Morgan fingerprint density at radius 3 is 1.02 bits per heavy atom. The van der Waals surface area contributed by atoms with Crippen molar-refractivity contribution in [2.45, 2.75) is 201 Å². The zero-order valence-electron chi connectivity index (χ0n) is 27.5. The smallest absolute Gasteiger partial charge is 0.310 e. The molecule has 238 valence electrons. The molecule has 0 radical (unpaired) electrons. The second-order valence-electron chi connectivity index (χ2n) is 13.1. The Kier molecular flexibility index (Phi) is 26.1. The molecule has 40 heavy (non-hydrogen) atoms. The van der Waals surface area contributed by atoms with E-state index >= 15 is 0 Å². The molecule has 0 aromatic heterocycles. The van der Waals surface area contributed by atoms with Gasteiger partial charge in [0.25, 0.3) is 0 Å². The molecule has 0 aromatic carbocycles. The van der Waals surface area contributed by atoms with Crippen LogP contribution < -0.4 is 0 Å². The summed E-state index contributed by atoms with van der Waals surface area (Å²) in [5, 5.41) is 20.6. The molecule has 0 aliphatic heterocycles. The molecule has 0 heterocycles. The largest absolute Gasteiger partial charge is 0.481 e. The lowest BCUT2D eigenvalue weighted by atomic mass is 9.68. The van der Waals surface area contributed by atoms with E-state index in [-0.39, 0.29) is 6.42 Å². The molecule has 0 saturated carbocycles. The van der Waals surface area contributed by atoms with Gasteiger partial charge in [-0.2, -0.15) is 0 Å². The number of unbranched alkanes of at least 4 members (excludes halogenated alkanes) is 16. The molecule has 0 aliphatic rings. The van der Waals surface area contributed by atoms with Crippen LogP contribution in [0.1, 0.15) is 201 Å². The molecule has 4 heteroatoms. The van der Waals surface area contributed by atoms with Gasteiger partial charge in [0, 0.05) is 0 Å². The van der Waals surface area contributed by atoms with Crippen LogP contribution in [0.4, 0.5) is 0 Å². The Morgan fingerprint density at radius 1 is 0.475 bits per heavy atom. The van der Waals surface area contributed by atoms with Crippen molar-refractivity contribution >= 4 is 11.9 Å². The summed E-state index contributed by atoms with van der Waals surface area (Å²) in [6.45, 7) is 8.93. The van der Waals surface area contributed by atoms with Crippen LogP contribution in [0, 0.1) is 17.3 Å². The van der Waals surface area contributed by atoms with Crippen LogP contribution in [-0.2, 0) is 9.59 Å². The van der Waals surface area contributed by atoms with E-state index in [0.29, 0.717) is 24.7 Å². The number of hydrogen-bond donors (Lipinski definition) is 2. The van der Waals surface area contributed by atoms with Gasteiger partial charge in [-0.15, -0.1) is 0 Å². The van der Waals surface area contributed by atoms with Crippen LogP contribution in [-0.4, -0.2) is 22.2 Å². The van der Waals surface area contributed by atoms with Crippen molar-refractivity contribution in [3.05, 3.63) is 0 Å². The van der Waals surface area contributed by atoms with E-state index in [4.69, 9.17) is 0 Å². The van der Waals surface area contributed by atoms with Gasteiger partial charge in [-0.3, -0.25) is 9.59 Å². The molecule has 0 saturated heterocycles. The van der Waals surface area contributed by atoms with Crippen molar-refractivity contribution in [1.29, 1.82) is 0 Å². The summed E-state index contributed by atoms with van der Waals surface area (Å²) < 4.78 is 0. The van der Waals surface area contributed by atoms with Gasteiger partial charge in [-0.05, 0) is 24.7 Å². The monoisotopic (exact) mass is 567 g/mol. The minimum atomic E-state index is -1.14. The first-order chi connectivity index (χ1) is 19.3. The van der Waals surface area contributed by atoms with E-state index in [1.807, 2.05) is 0 Å². The lowest BCUT2D eigenvalue weighted by Gasteiger charge is -2.35. The average molecular weight is 567 g/mol. The van der Waals surface area contributed by atoms with E-state index in [0.717, 1.165) is 51.4 Å². The highest BCUT2D eigenvalue weighted by molar-refractivity contribution is 5.81. The number of aliphatic carboxylic acids is 2. The predicted octanol–water partition coefficient (Wildman–Crippen LogP) is 12.0. The average Bonchev–Trinajstić information content (AvgIpc) is 2.92. The van der Waals surface area contributed by atoms with Crippen LogP contribution in [0.3, 0.4) is 0 Å². The third-order valence-electron chi connectivity index (χ3n) is 9.17. The van der Waals surface area contributed by atoms with Crippen molar-refractivity contribution in [1.82, 2.24) is 0 Å². The third-order valence-corrected chi connectivity index (χ3v) is 9.17. The van der Waals surface area contributed by atoms with Crippen molar-refractivity contribution in [2.75, 3.05) is 0 Å². The molecule has 2 N–H and O–H groups in total. The highest BCUT2D eigenvalue weighted by Gasteiger charge is 2.43. The lowest BCUT2D eigenvalue weighted by molar-refractivity contribution is -0.158. The molecule has 4 nitrogen and oxygen atoms in total. The highest BCUT2D eigenvalue weighted by Crippen LogP contribution is 2.43. The molecule has 0 bridgehead atoms. The minimum absolute atomic E-state index is 0.230. The summed E-state index contributed by atoms with van der Waals surface area (Å²) in [7, 11) is 0. The molecule has 0 rings (SSSR count). The quantitative estimate of drug-likeness (QED) is 0.0818. The van der Waals surface area contributed by atoms with Gasteiger partial charge in [0.05, 0.1) is 11.8 Å². The number of hydrogen-bond acceptors (Lipinski definition) is 2. The van der Waals surface area contributed by atoms with Crippen LogP contribution in [0.2, 0.25) is 0 Å². The van der Waals surface area contributed by atoms with Gasteiger partial charge in [0.1, 0.15) is 0 Å². The zero-order valence-corrected chi connectivity index (χ0v) is 27.5. The van der Waals surface area contributed by atoms with Crippen molar-refractivity contribution < 1.29 is 19.8 Å². The second-order valence-corrected chi connectivity index (χ2v) is 13.1. The Bertz CT molecular complexity index is 553. The second kappa shape index (κ2) is 26.8. The van der Waals surface area contributed by atoms with Crippen molar-refractivity contribution in [2.24, 2.45) is 17.3 Å². The van der Waals surface area contributed by atoms with Gasteiger partial charge >= 0.3 is 11.9 Å². The summed E-state index contributed by atoms with van der Waals surface area (Å²) in [6.07, 6.45) is 29.4. The standard InChI is InChI=1S/C36H70O4/c1-5-9-13-17-19-23-27-32(25-21-15-11-7-3)29-36(35(39)40,31-34(37)38)30-33(26-22-16-12-8-4)28-24-20-18-14-10-6-2/h32-33H,5-31H2,1-4H3,(H,37,38)(H,39,40). The van der Waals surface area contributed by atoms with Gasteiger partial charge in [0.2, 0.25) is 0 Å². The first-order valence-corrected chi connectivity index (χ1v) is 17.8. The third kappa shape index (κ3) is 20.8. The molecule has 0 amide bonds. The molecule has 0 fully saturated rings. The van der Waals surface area contributed by atoms with Crippen molar-refractivity contribution in [3.8, 4) is 0 Å². The van der Waals surface area contributed by atoms with Gasteiger partial charge < -0.3 is 10.2 Å². The van der Waals surface area contributed by atoms with E-state index in [1.54, 1.807) is 0 Å². The highest BCUT2D eigenvalue weighted by atomic mass is 16.4. The fraction of sp³-hybridized carbons (Fsp3) is 0.944. The summed E-state index contributed by atoms with van der Waals surface area (Å²) in [5.74, 6) is -1.18. The van der Waals surface area contributed by atoms with Crippen LogP contribution >= 0.6 is 0 Å². The van der Waals surface area contributed by atoms with Crippen molar-refractivity contribution in [3.63, 3.8) is 0 Å². The van der Waals surface area contributed by atoms with Crippen LogP contribution in [0.15, 0.2) is 0 Å². The maximum absolute atomic E-state index is 13.0.